The van der Waals surface area contributed by atoms with E-state index in [-0.39, 0.29) is 5.60 Å². The zero-order chi connectivity index (χ0) is 13.0. The predicted molar refractivity (Wildman–Crippen MR) is 73.5 cm³/mol. The molecule has 1 saturated heterocycles. The highest BCUT2D eigenvalue weighted by atomic mass is 16.5. The van der Waals surface area contributed by atoms with E-state index in [1.54, 1.807) is 0 Å². The van der Waals surface area contributed by atoms with Crippen molar-refractivity contribution < 1.29 is 9.47 Å². The molecule has 2 N–H and O–H groups in total. The molecule has 1 aliphatic heterocycles. The summed E-state index contributed by atoms with van der Waals surface area (Å²) < 4.78 is 11.8. The molecule has 1 saturated carbocycles. The van der Waals surface area contributed by atoms with Crippen molar-refractivity contribution in [2.75, 3.05) is 19.8 Å². The van der Waals surface area contributed by atoms with Crippen LogP contribution >= 0.6 is 0 Å². The van der Waals surface area contributed by atoms with Gasteiger partial charge in [0.25, 0.3) is 0 Å². The lowest BCUT2D eigenvalue weighted by molar-refractivity contribution is -0.0618. The van der Waals surface area contributed by atoms with E-state index in [1.807, 2.05) is 0 Å². The van der Waals surface area contributed by atoms with Gasteiger partial charge in [-0.3, -0.25) is 0 Å². The second kappa shape index (κ2) is 6.36. The maximum absolute atomic E-state index is 5.94. The zero-order valence-electron chi connectivity index (χ0n) is 12.0. The van der Waals surface area contributed by atoms with Gasteiger partial charge in [-0.25, -0.2) is 0 Å². The number of ether oxygens (including phenoxy) is 2. The Morgan fingerprint density at radius 1 is 1.11 bits per heavy atom. The Bertz CT molecular complexity index is 255. The predicted octanol–water partition coefficient (Wildman–Crippen LogP) is 2.73. The quantitative estimate of drug-likeness (QED) is 0.821. The van der Waals surface area contributed by atoms with Crippen LogP contribution in [0.5, 0.6) is 0 Å². The molecule has 3 nitrogen and oxygen atoms in total. The van der Waals surface area contributed by atoms with E-state index in [4.69, 9.17) is 15.2 Å². The minimum absolute atomic E-state index is 0.0542. The van der Waals surface area contributed by atoms with Crippen molar-refractivity contribution in [1.29, 1.82) is 0 Å². The summed E-state index contributed by atoms with van der Waals surface area (Å²) in [5, 5.41) is 0. The standard InChI is InChI=1S/C15H29NO2/c1-15(2)8-7-14(18-15)11-17-10-13-6-4-3-5-12(13)9-16/h12-14H,3-11,16H2,1-2H3. The van der Waals surface area contributed by atoms with Gasteiger partial charge in [0, 0.05) is 6.61 Å². The molecule has 0 radical (unpaired) electrons. The van der Waals surface area contributed by atoms with Gasteiger partial charge in [-0.2, -0.15) is 0 Å². The molecule has 3 heteroatoms. The van der Waals surface area contributed by atoms with Gasteiger partial charge in [-0.05, 0) is 57.9 Å². The van der Waals surface area contributed by atoms with Crippen molar-refractivity contribution in [3.63, 3.8) is 0 Å². The van der Waals surface area contributed by atoms with E-state index >= 15 is 0 Å². The van der Waals surface area contributed by atoms with Crippen molar-refractivity contribution in [3.05, 3.63) is 0 Å². The lowest BCUT2D eigenvalue weighted by atomic mass is 9.80. The summed E-state index contributed by atoms with van der Waals surface area (Å²) in [6.07, 6.45) is 7.86. The minimum atomic E-state index is 0.0542. The Hall–Kier alpha value is -0.120. The first-order valence-electron chi connectivity index (χ1n) is 7.56. The van der Waals surface area contributed by atoms with Crippen LogP contribution in [-0.2, 0) is 9.47 Å². The van der Waals surface area contributed by atoms with Gasteiger partial charge < -0.3 is 15.2 Å². The van der Waals surface area contributed by atoms with Gasteiger partial charge >= 0.3 is 0 Å². The molecule has 0 aromatic carbocycles. The van der Waals surface area contributed by atoms with Gasteiger partial charge in [0.05, 0.1) is 18.3 Å². The molecule has 2 rings (SSSR count). The molecule has 1 aliphatic carbocycles. The third-order valence-electron chi connectivity index (χ3n) is 4.56. The molecule has 0 aromatic heterocycles. The molecular weight excluding hydrogens is 226 g/mol. The summed E-state index contributed by atoms with van der Waals surface area (Å²) in [7, 11) is 0. The maximum atomic E-state index is 5.94. The van der Waals surface area contributed by atoms with Crippen molar-refractivity contribution in [1.82, 2.24) is 0 Å². The van der Waals surface area contributed by atoms with Crippen molar-refractivity contribution >= 4 is 0 Å². The number of nitrogens with two attached hydrogens (primary N) is 1. The molecule has 1 heterocycles. The molecule has 106 valence electrons. The normalized spacial score (nSPS) is 35.8. The summed E-state index contributed by atoms with van der Waals surface area (Å²) in [6, 6.07) is 0. The second-order valence-corrected chi connectivity index (χ2v) is 6.62. The van der Waals surface area contributed by atoms with Crippen LogP contribution < -0.4 is 5.73 Å². The van der Waals surface area contributed by atoms with E-state index in [1.165, 1.54) is 25.7 Å². The Morgan fingerprint density at radius 3 is 2.44 bits per heavy atom. The van der Waals surface area contributed by atoms with E-state index in [0.29, 0.717) is 17.9 Å². The van der Waals surface area contributed by atoms with Gasteiger partial charge in [0.15, 0.2) is 0 Å². The molecule has 3 unspecified atom stereocenters. The number of hydrogen-bond acceptors (Lipinski definition) is 3. The van der Waals surface area contributed by atoms with E-state index in [9.17, 15) is 0 Å². The van der Waals surface area contributed by atoms with Crippen LogP contribution in [0.25, 0.3) is 0 Å². The van der Waals surface area contributed by atoms with Crippen LogP contribution in [0.3, 0.4) is 0 Å². The van der Waals surface area contributed by atoms with Crippen molar-refractivity contribution in [2.24, 2.45) is 17.6 Å². The molecule has 0 bridgehead atoms. The smallest absolute Gasteiger partial charge is 0.0816 e. The Labute approximate surface area is 111 Å². The van der Waals surface area contributed by atoms with Crippen LogP contribution in [-0.4, -0.2) is 31.5 Å². The summed E-state index contributed by atoms with van der Waals surface area (Å²) in [5.74, 6) is 1.36. The zero-order valence-corrected chi connectivity index (χ0v) is 12.0. The van der Waals surface area contributed by atoms with E-state index < -0.39 is 0 Å². The van der Waals surface area contributed by atoms with Crippen LogP contribution in [0.4, 0.5) is 0 Å². The summed E-state index contributed by atoms with van der Waals surface area (Å²) in [5.41, 5.74) is 5.90. The fraction of sp³-hybridized carbons (Fsp3) is 1.00. The van der Waals surface area contributed by atoms with Gasteiger partial charge in [0.1, 0.15) is 0 Å². The van der Waals surface area contributed by atoms with Crippen LogP contribution in [0.15, 0.2) is 0 Å². The lowest BCUT2D eigenvalue weighted by Gasteiger charge is -2.30. The van der Waals surface area contributed by atoms with E-state index in [0.717, 1.165) is 32.6 Å². The monoisotopic (exact) mass is 255 g/mol. The highest BCUT2D eigenvalue weighted by Crippen LogP contribution is 2.31. The molecule has 18 heavy (non-hydrogen) atoms. The SMILES string of the molecule is CC1(C)CCC(COCC2CCCCC2CN)O1. The molecule has 2 fully saturated rings. The summed E-state index contributed by atoms with van der Waals surface area (Å²) >= 11 is 0. The third-order valence-corrected chi connectivity index (χ3v) is 4.56. The fourth-order valence-corrected chi connectivity index (χ4v) is 3.36. The highest BCUT2D eigenvalue weighted by Gasteiger charge is 2.32. The van der Waals surface area contributed by atoms with Crippen LogP contribution in [0, 0.1) is 11.8 Å². The van der Waals surface area contributed by atoms with Gasteiger partial charge in [-0.15, -0.1) is 0 Å². The maximum Gasteiger partial charge on any atom is 0.0816 e. The largest absolute Gasteiger partial charge is 0.378 e. The average Bonchev–Trinajstić information content (AvgIpc) is 2.69. The summed E-state index contributed by atoms with van der Waals surface area (Å²) in [6.45, 7) is 6.79. The molecular formula is C15H29NO2. The first kappa shape index (κ1) is 14.3. The fourth-order valence-electron chi connectivity index (χ4n) is 3.36. The third kappa shape index (κ3) is 3.94. The number of rotatable bonds is 5. The van der Waals surface area contributed by atoms with E-state index in [2.05, 4.69) is 13.8 Å². The molecule has 0 aromatic rings. The van der Waals surface area contributed by atoms with Crippen molar-refractivity contribution in [3.8, 4) is 0 Å². The lowest BCUT2D eigenvalue weighted by Crippen LogP contribution is -2.31. The van der Waals surface area contributed by atoms with Crippen LogP contribution in [0.1, 0.15) is 52.4 Å². The Kier molecular flexibility index (Phi) is 5.05. The Morgan fingerprint density at radius 2 is 1.83 bits per heavy atom. The second-order valence-electron chi connectivity index (χ2n) is 6.62. The Balaban J connectivity index is 1.65. The molecule has 0 spiro atoms. The summed E-state index contributed by atoms with van der Waals surface area (Å²) in [4.78, 5) is 0. The molecule has 0 amide bonds. The minimum Gasteiger partial charge on any atom is -0.378 e. The van der Waals surface area contributed by atoms with Gasteiger partial charge in [0.2, 0.25) is 0 Å². The van der Waals surface area contributed by atoms with Crippen molar-refractivity contribution in [2.45, 2.75) is 64.1 Å². The van der Waals surface area contributed by atoms with Gasteiger partial charge in [-0.1, -0.05) is 12.8 Å². The number of hydrogen-bond donors (Lipinski definition) is 1. The first-order chi connectivity index (χ1) is 8.61. The van der Waals surface area contributed by atoms with Crippen LogP contribution in [0.2, 0.25) is 0 Å². The molecule has 3 atom stereocenters. The topological polar surface area (TPSA) is 44.5 Å². The first-order valence-corrected chi connectivity index (χ1v) is 7.56. The average molecular weight is 255 g/mol. The molecule has 2 aliphatic rings. The highest BCUT2D eigenvalue weighted by molar-refractivity contribution is 4.81.